The van der Waals surface area contributed by atoms with Gasteiger partial charge >= 0.3 is 6.18 Å². The van der Waals surface area contributed by atoms with Crippen LogP contribution in [0.25, 0.3) is 0 Å². The van der Waals surface area contributed by atoms with Crippen molar-refractivity contribution in [1.82, 2.24) is 4.90 Å². The predicted octanol–water partition coefficient (Wildman–Crippen LogP) is 2.60. The van der Waals surface area contributed by atoms with Crippen molar-refractivity contribution in [3.05, 3.63) is 38.9 Å². The molecule has 20 heavy (non-hydrogen) atoms. The molecule has 0 aliphatic heterocycles. The van der Waals surface area contributed by atoms with Gasteiger partial charge in [-0.15, -0.1) is 0 Å². The van der Waals surface area contributed by atoms with Crippen molar-refractivity contribution < 1.29 is 23.2 Å². The molecule has 1 N–H and O–H groups in total. The van der Waals surface area contributed by atoms with Gasteiger partial charge in [-0.05, 0) is 6.07 Å². The number of nitro benzene ring substituents is 1. The fourth-order valence-electron chi connectivity index (χ4n) is 1.71. The molecule has 0 heterocycles. The van der Waals surface area contributed by atoms with Crippen LogP contribution in [0.4, 0.5) is 18.9 Å². The molecule has 0 aliphatic carbocycles. The van der Waals surface area contributed by atoms with E-state index in [1.54, 1.807) is 0 Å². The highest BCUT2D eigenvalue weighted by molar-refractivity contribution is 6.31. The van der Waals surface area contributed by atoms with Crippen molar-refractivity contribution in [2.45, 2.75) is 12.7 Å². The van der Waals surface area contributed by atoms with Crippen LogP contribution in [0.2, 0.25) is 5.02 Å². The number of benzene rings is 1. The standard InChI is InChI=1S/C11H12ClF3N2O3/c12-9-2-1-3-10(17(19)20)8(9)6-16(4-5-18)7-11(13,14)15/h1-3,18H,4-7H2. The van der Waals surface area contributed by atoms with Crippen LogP contribution in [0.1, 0.15) is 5.56 Å². The molecule has 1 aromatic rings. The third kappa shape index (κ3) is 4.95. The lowest BCUT2D eigenvalue weighted by molar-refractivity contribution is -0.385. The van der Waals surface area contributed by atoms with Crippen molar-refractivity contribution in [2.24, 2.45) is 0 Å². The first kappa shape index (κ1) is 16.7. The van der Waals surface area contributed by atoms with E-state index < -0.39 is 24.3 Å². The number of aliphatic hydroxyl groups excluding tert-OH is 1. The monoisotopic (exact) mass is 312 g/mol. The summed E-state index contributed by atoms with van der Waals surface area (Å²) < 4.78 is 37.2. The molecule has 1 aromatic carbocycles. The van der Waals surface area contributed by atoms with Gasteiger partial charge < -0.3 is 5.11 Å². The van der Waals surface area contributed by atoms with Gasteiger partial charge in [0, 0.05) is 19.2 Å². The maximum absolute atomic E-state index is 12.4. The number of alkyl halides is 3. The van der Waals surface area contributed by atoms with E-state index in [2.05, 4.69) is 0 Å². The highest BCUT2D eigenvalue weighted by atomic mass is 35.5. The van der Waals surface area contributed by atoms with Crippen LogP contribution in [-0.4, -0.2) is 40.8 Å². The number of rotatable bonds is 6. The molecule has 0 bridgehead atoms. The summed E-state index contributed by atoms with van der Waals surface area (Å²) in [5.74, 6) is 0. The topological polar surface area (TPSA) is 66.6 Å². The van der Waals surface area contributed by atoms with Gasteiger partial charge in [0.05, 0.1) is 28.7 Å². The second kappa shape index (κ2) is 6.87. The zero-order chi connectivity index (χ0) is 15.3. The summed E-state index contributed by atoms with van der Waals surface area (Å²) in [5.41, 5.74) is -0.348. The molecule has 0 amide bonds. The zero-order valence-corrected chi connectivity index (χ0v) is 11.0. The quantitative estimate of drug-likeness (QED) is 0.647. The Morgan fingerprint density at radius 1 is 1.40 bits per heavy atom. The van der Waals surface area contributed by atoms with Crippen LogP contribution < -0.4 is 0 Å². The van der Waals surface area contributed by atoms with Gasteiger partial charge in [0.2, 0.25) is 0 Å². The number of halogens is 4. The lowest BCUT2D eigenvalue weighted by Crippen LogP contribution is -2.36. The number of nitro groups is 1. The summed E-state index contributed by atoms with van der Waals surface area (Å²) in [6.07, 6.45) is -4.47. The third-order valence-corrected chi connectivity index (χ3v) is 2.85. The minimum Gasteiger partial charge on any atom is -0.395 e. The Hall–Kier alpha value is -1.38. The summed E-state index contributed by atoms with van der Waals surface area (Å²) >= 11 is 5.81. The molecule has 1 rings (SSSR count). The summed E-state index contributed by atoms with van der Waals surface area (Å²) in [4.78, 5) is 11.0. The van der Waals surface area contributed by atoms with E-state index in [4.69, 9.17) is 16.7 Å². The first-order valence-corrected chi connectivity index (χ1v) is 5.94. The smallest absolute Gasteiger partial charge is 0.395 e. The average Bonchev–Trinajstić information content (AvgIpc) is 2.29. The van der Waals surface area contributed by atoms with E-state index in [0.717, 1.165) is 4.90 Å². The largest absolute Gasteiger partial charge is 0.401 e. The Morgan fingerprint density at radius 3 is 2.55 bits per heavy atom. The van der Waals surface area contributed by atoms with Gasteiger partial charge in [0.15, 0.2) is 0 Å². The molecule has 0 atom stereocenters. The van der Waals surface area contributed by atoms with Crippen LogP contribution in [0, 0.1) is 10.1 Å². The first-order valence-electron chi connectivity index (χ1n) is 5.56. The Labute approximate surface area is 117 Å². The van der Waals surface area contributed by atoms with Crippen LogP contribution in [0.5, 0.6) is 0 Å². The van der Waals surface area contributed by atoms with Gasteiger partial charge in [0.1, 0.15) is 0 Å². The minimum atomic E-state index is -4.47. The van der Waals surface area contributed by atoms with Gasteiger partial charge in [-0.1, -0.05) is 17.7 Å². The van der Waals surface area contributed by atoms with Crippen molar-refractivity contribution in [1.29, 1.82) is 0 Å². The number of hydrogen-bond acceptors (Lipinski definition) is 4. The Kier molecular flexibility index (Phi) is 5.73. The van der Waals surface area contributed by atoms with E-state index >= 15 is 0 Å². The molecule has 0 saturated heterocycles. The highest BCUT2D eigenvalue weighted by Crippen LogP contribution is 2.28. The summed E-state index contributed by atoms with van der Waals surface area (Å²) in [6, 6.07) is 3.89. The average molecular weight is 313 g/mol. The molecular weight excluding hydrogens is 301 g/mol. The van der Waals surface area contributed by atoms with Crippen LogP contribution in [-0.2, 0) is 6.54 Å². The van der Waals surface area contributed by atoms with Gasteiger partial charge in [-0.2, -0.15) is 13.2 Å². The number of aliphatic hydroxyl groups is 1. The normalized spacial score (nSPS) is 11.9. The van der Waals surface area contributed by atoms with Crippen molar-refractivity contribution in [3.8, 4) is 0 Å². The maximum Gasteiger partial charge on any atom is 0.401 e. The number of nitrogens with zero attached hydrogens (tertiary/aromatic N) is 2. The molecule has 0 unspecified atom stereocenters. The lowest BCUT2D eigenvalue weighted by Gasteiger charge is -2.23. The van der Waals surface area contributed by atoms with Crippen LogP contribution >= 0.6 is 11.6 Å². The van der Waals surface area contributed by atoms with E-state index in [-0.39, 0.29) is 29.4 Å². The summed E-state index contributed by atoms with van der Waals surface area (Å²) in [7, 11) is 0. The summed E-state index contributed by atoms with van der Waals surface area (Å²) in [6.45, 7) is -2.40. The fraction of sp³-hybridized carbons (Fsp3) is 0.455. The Bertz CT molecular complexity index is 482. The fourth-order valence-corrected chi connectivity index (χ4v) is 1.94. The summed E-state index contributed by atoms with van der Waals surface area (Å²) in [5, 5.41) is 19.7. The molecule has 0 saturated carbocycles. The number of hydrogen-bond donors (Lipinski definition) is 1. The SMILES string of the molecule is O=[N+]([O-])c1cccc(Cl)c1CN(CCO)CC(F)(F)F. The van der Waals surface area contributed by atoms with Crippen LogP contribution in [0.15, 0.2) is 18.2 Å². The minimum absolute atomic E-state index is 0.00290. The van der Waals surface area contributed by atoms with Crippen molar-refractivity contribution in [2.75, 3.05) is 19.7 Å². The van der Waals surface area contributed by atoms with Gasteiger partial charge in [-0.3, -0.25) is 15.0 Å². The van der Waals surface area contributed by atoms with Crippen molar-refractivity contribution >= 4 is 17.3 Å². The molecule has 0 aromatic heterocycles. The Balaban J connectivity index is 3.01. The molecule has 9 heteroatoms. The van der Waals surface area contributed by atoms with Gasteiger partial charge in [0.25, 0.3) is 5.69 Å². The first-order chi connectivity index (χ1) is 9.24. The van der Waals surface area contributed by atoms with E-state index in [1.165, 1.54) is 18.2 Å². The second-order valence-electron chi connectivity index (χ2n) is 4.04. The van der Waals surface area contributed by atoms with Crippen LogP contribution in [0.3, 0.4) is 0 Å². The second-order valence-corrected chi connectivity index (χ2v) is 4.45. The zero-order valence-electron chi connectivity index (χ0n) is 10.2. The lowest BCUT2D eigenvalue weighted by atomic mass is 10.1. The van der Waals surface area contributed by atoms with E-state index in [0.29, 0.717) is 0 Å². The third-order valence-electron chi connectivity index (χ3n) is 2.49. The molecular formula is C11H12ClF3N2O3. The molecule has 0 aliphatic rings. The molecule has 5 nitrogen and oxygen atoms in total. The molecule has 0 spiro atoms. The van der Waals surface area contributed by atoms with E-state index in [1.807, 2.05) is 0 Å². The molecule has 112 valence electrons. The van der Waals surface area contributed by atoms with Crippen molar-refractivity contribution in [3.63, 3.8) is 0 Å². The molecule has 0 radical (unpaired) electrons. The molecule has 0 fully saturated rings. The van der Waals surface area contributed by atoms with E-state index in [9.17, 15) is 23.3 Å². The maximum atomic E-state index is 12.4. The van der Waals surface area contributed by atoms with Gasteiger partial charge in [-0.25, -0.2) is 0 Å². The Morgan fingerprint density at radius 2 is 2.05 bits per heavy atom. The highest BCUT2D eigenvalue weighted by Gasteiger charge is 2.31. The predicted molar refractivity (Wildman–Crippen MR) is 66.5 cm³/mol.